The SMILES string of the molecule is Cc1nnc(SCCN2C(=[N+]3CC(C)CC(C)C3)N=C3C2C(=O)N(C)C(=O)N3C)s1. The molecule has 0 aliphatic carbocycles. The maximum atomic E-state index is 13.1. The Morgan fingerprint density at radius 3 is 2.47 bits per heavy atom. The number of amides is 3. The number of carbonyl (C=O) groups is 2. The summed E-state index contributed by atoms with van der Waals surface area (Å²) in [4.78, 5) is 35.1. The average molecular weight is 451 g/mol. The van der Waals surface area contributed by atoms with Gasteiger partial charge >= 0.3 is 12.0 Å². The second-order valence-corrected chi connectivity index (χ2v) is 10.9. The zero-order valence-electron chi connectivity index (χ0n) is 18.0. The number of guanidine groups is 1. The summed E-state index contributed by atoms with van der Waals surface area (Å²) in [6, 6.07) is -0.896. The van der Waals surface area contributed by atoms with Gasteiger partial charge in [-0.15, -0.1) is 10.2 Å². The molecule has 3 amide bonds. The minimum Gasteiger partial charge on any atom is -0.270 e. The van der Waals surface area contributed by atoms with Gasteiger partial charge in [-0.3, -0.25) is 19.2 Å². The van der Waals surface area contributed by atoms with Crippen molar-refractivity contribution >= 4 is 46.8 Å². The highest BCUT2D eigenvalue weighted by atomic mass is 32.2. The van der Waals surface area contributed by atoms with Gasteiger partial charge in [-0.2, -0.15) is 0 Å². The maximum Gasteiger partial charge on any atom is 0.392 e. The van der Waals surface area contributed by atoms with Crippen molar-refractivity contribution < 1.29 is 14.2 Å². The summed E-state index contributed by atoms with van der Waals surface area (Å²) in [5.41, 5.74) is 0. The molecular formula is C19H28N7O2S2+. The van der Waals surface area contributed by atoms with E-state index < -0.39 is 6.04 Å². The van der Waals surface area contributed by atoms with Crippen molar-refractivity contribution in [2.45, 2.75) is 37.6 Å². The fourth-order valence-electron chi connectivity index (χ4n) is 4.46. The van der Waals surface area contributed by atoms with E-state index in [1.807, 2.05) is 6.92 Å². The summed E-state index contributed by atoms with van der Waals surface area (Å²) in [5.74, 6) is 2.99. The molecule has 3 aliphatic rings. The molecule has 162 valence electrons. The predicted molar refractivity (Wildman–Crippen MR) is 117 cm³/mol. The van der Waals surface area contributed by atoms with E-state index in [1.165, 1.54) is 23.3 Å². The molecule has 4 rings (SSSR count). The summed E-state index contributed by atoms with van der Waals surface area (Å²) >= 11 is 3.21. The highest BCUT2D eigenvalue weighted by Gasteiger charge is 2.55. The van der Waals surface area contributed by atoms with E-state index in [2.05, 4.69) is 33.5 Å². The number of amidine groups is 1. The number of carbonyl (C=O) groups excluding carboxylic acids is 2. The number of hydrogen-bond acceptors (Lipinski definition) is 6. The summed E-state index contributed by atoms with van der Waals surface area (Å²) < 4.78 is 3.21. The summed E-state index contributed by atoms with van der Waals surface area (Å²) in [5, 5.41) is 9.19. The topological polar surface area (TPSA) is 85.0 Å². The lowest BCUT2D eigenvalue weighted by molar-refractivity contribution is -0.557. The van der Waals surface area contributed by atoms with Crippen LogP contribution < -0.4 is 0 Å². The molecule has 3 aliphatic heterocycles. The molecule has 2 fully saturated rings. The van der Waals surface area contributed by atoms with Gasteiger partial charge < -0.3 is 0 Å². The quantitative estimate of drug-likeness (QED) is 0.512. The molecule has 0 spiro atoms. The number of fused-ring (bicyclic) bond motifs is 1. The van der Waals surface area contributed by atoms with Crippen LogP contribution in [-0.2, 0) is 4.79 Å². The zero-order valence-corrected chi connectivity index (χ0v) is 19.7. The number of aryl methyl sites for hydroxylation is 1. The Labute approximate surface area is 184 Å². The Balaban J connectivity index is 1.64. The number of nitrogens with zero attached hydrogens (tertiary/aromatic N) is 7. The Kier molecular flexibility index (Phi) is 5.84. The molecule has 1 aromatic heterocycles. The molecule has 3 unspecified atom stereocenters. The minimum atomic E-state index is -0.558. The molecule has 11 heteroatoms. The van der Waals surface area contributed by atoms with Crippen LogP contribution in [0.15, 0.2) is 9.33 Å². The smallest absolute Gasteiger partial charge is 0.270 e. The highest BCUT2D eigenvalue weighted by molar-refractivity contribution is 8.01. The van der Waals surface area contributed by atoms with Gasteiger partial charge in [0.1, 0.15) is 5.01 Å². The molecule has 1 aromatic rings. The van der Waals surface area contributed by atoms with Crippen LogP contribution in [0.4, 0.5) is 4.79 Å². The van der Waals surface area contributed by atoms with Crippen LogP contribution in [0.1, 0.15) is 25.3 Å². The summed E-state index contributed by atoms with van der Waals surface area (Å²) in [6.07, 6.45) is 1.19. The van der Waals surface area contributed by atoms with Crippen LogP contribution in [0, 0.1) is 18.8 Å². The molecule has 0 radical (unpaired) electrons. The second-order valence-electron chi connectivity index (χ2n) is 8.39. The molecule has 3 atom stereocenters. The number of aliphatic imine (C=N–C) groups is 1. The van der Waals surface area contributed by atoms with Crippen LogP contribution in [0.5, 0.6) is 0 Å². The highest BCUT2D eigenvalue weighted by Crippen LogP contribution is 2.27. The number of urea groups is 1. The van der Waals surface area contributed by atoms with E-state index >= 15 is 0 Å². The molecule has 9 nitrogen and oxygen atoms in total. The van der Waals surface area contributed by atoms with Crippen molar-refractivity contribution in [2.75, 3.05) is 39.5 Å². The minimum absolute atomic E-state index is 0.221. The predicted octanol–water partition coefficient (Wildman–Crippen LogP) is 1.59. The van der Waals surface area contributed by atoms with Crippen LogP contribution >= 0.6 is 23.1 Å². The molecule has 0 N–H and O–H groups in total. The van der Waals surface area contributed by atoms with Gasteiger partial charge in [0.25, 0.3) is 5.91 Å². The van der Waals surface area contributed by atoms with Gasteiger partial charge in [0.05, 0.1) is 19.6 Å². The van der Waals surface area contributed by atoms with Crippen molar-refractivity contribution in [1.29, 1.82) is 0 Å². The van der Waals surface area contributed by atoms with E-state index in [9.17, 15) is 9.59 Å². The van der Waals surface area contributed by atoms with Crippen LogP contribution in [0.25, 0.3) is 0 Å². The first kappa shape index (κ1) is 21.2. The first-order valence-electron chi connectivity index (χ1n) is 10.2. The van der Waals surface area contributed by atoms with E-state index in [1.54, 1.807) is 30.1 Å². The Morgan fingerprint density at radius 2 is 1.83 bits per heavy atom. The van der Waals surface area contributed by atoms with E-state index in [-0.39, 0.29) is 11.9 Å². The normalized spacial score (nSPS) is 27.2. The maximum absolute atomic E-state index is 13.1. The number of imide groups is 1. The lowest BCUT2D eigenvalue weighted by Crippen LogP contribution is -2.63. The first-order valence-corrected chi connectivity index (χ1v) is 12.0. The van der Waals surface area contributed by atoms with Crippen molar-refractivity contribution in [3.05, 3.63) is 5.01 Å². The largest absolute Gasteiger partial charge is 0.392 e. The number of thioether (sulfide) groups is 1. The number of hydrogen-bond donors (Lipinski definition) is 0. The third-order valence-corrected chi connectivity index (χ3v) is 7.68. The summed E-state index contributed by atoms with van der Waals surface area (Å²) in [7, 11) is 3.23. The second kappa shape index (κ2) is 8.26. The van der Waals surface area contributed by atoms with Crippen molar-refractivity contribution in [2.24, 2.45) is 16.8 Å². The van der Waals surface area contributed by atoms with E-state index in [4.69, 9.17) is 4.99 Å². The average Bonchev–Trinajstić information content (AvgIpc) is 3.28. The summed E-state index contributed by atoms with van der Waals surface area (Å²) in [6.45, 7) is 8.90. The molecule has 0 saturated carbocycles. The Hall–Kier alpha value is -2.01. The van der Waals surface area contributed by atoms with Crippen molar-refractivity contribution in [3.63, 3.8) is 0 Å². The Bertz CT molecular complexity index is 916. The van der Waals surface area contributed by atoms with Crippen molar-refractivity contribution in [3.8, 4) is 0 Å². The Morgan fingerprint density at radius 1 is 1.13 bits per heavy atom. The number of likely N-dealkylation sites (N-methyl/N-ethyl adjacent to an activating group) is 2. The number of piperidine rings is 1. The molecule has 2 saturated heterocycles. The van der Waals surface area contributed by atoms with E-state index in [0.29, 0.717) is 24.2 Å². The lowest BCUT2D eigenvalue weighted by Gasteiger charge is -2.33. The fraction of sp³-hybridized carbons (Fsp3) is 0.684. The van der Waals surface area contributed by atoms with Gasteiger partial charge in [-0.1, -0.05) is 41.9 Å². The number of rotatable bonds is 4. The molecule has 0 bridgehead atoms. The standard InChI is InChI=1S/C19H28N7O2S2/c1-11-8-12(2)10-25(9-11)17-20-15-14(16(27)24(5)19(28)23(15)4)26(17)6-7-29-18-22-21-13(3)30-18/h11-12,14H,6-10H2,1-5H3/q+1. The van der Waals surface area contributed by atoms with Gasteiger partial charge in [0.15, 0.2) is 4.34 Å². The van der Waals surface area contributed by atoms with Gasteiger partial charge in [-0.25, -0.2) is 9.69 Å². The van der Waals surface area contributed by atoms with Crippen molar-refractivity contribution in [1.82, 2.24) is 24.9 Å². The van der Waals surface area contributed by atoms with Crippen LogP contribution in [0.3, 0.4) is 0 Å². The first-order chi connectivity index (χ1) is 14.3. The van der Waals surface area contributed by atoms with Crippen LogP contribution in [-0.4, -0.2) is 98.7 Å². The molecule has 4 heterocycles. The fourth-order valence-corrected chi connectivity index (χ4v) is 6.29. The molecule has 30 heavy (non-hydrogen) atoms. The zero-order chi connectivity index (χ0) is 21.6. The van der Waals surface area contributed by atoms with Gasteiger partial charge in [0.2, 0.25) is 11.9 Å². The third kappa shape index (κ3) is 3.84. The molecular weight excluding hydrogens is 422 g/mol. The lowest BCUT2D eigenvalue weighted by atomic mass is 9.93. The molecule has 0 aromatic carbocycles. The third-order valence-electron chi connectivity index (χ3n) is 5.73. The van der Waals surface area contributed by atoms with Gasteiger partial charge in [-0.05, 0) is 25.2 Å². The van der Waals surface area contributed by atoms with E-state index in [0.717, 1.165) is 34.1 Å². The van der Waals surface area contributed by atoms with Gasteiger partial charge in [0, 0.05) is 19.8 Å². The monoisotopic (exact) mass is 450 g/mol. The number of aromatic nitrogens is 2. The van der Waals surface area contributed by atoms with Crippen LogP contribution in [0.2, 0.25) is 0 Å².